The summed E-state index contributed by atoms with van der Waals surface area (Å²) >= 11 is 0. The monoisotopic (exact) mass is 209 g/mol. The van der Waals surface area contributed by atoms with Gasteiger partial charge < -0.3 is 15.5 Å². The standard InChI is InChI=1S/C9H15N5O/c1-5-6(2)15-4-7(5)3-13-9(12)14-8(10)11/h4H,3H2,1-2H3,(H6,10,11,12,13,14). The summed E-state index contributed by atoms with van der Waals surface area (Å²) in [6.45, 7) is 4.32. The van der Waals surface area contributed by atoms with E-state index in [4.69, 9.17) is 21.0 Å². The average Bonchev–Trinajstić information content (AvgIpc) is 2.44. The summed E-state index contributed by atoms with van der Waals surface area (Å²) in [5.74, 6) is 0.617. The van der Waals surface area contributed by atoms with Gasteiger partial charge in [0, 0.05) is 12.1 Å². The molecule has 0 fully saturated rings. The van der Waals surface area contributed by atoms with Crippen LogP contribution in [0.4, 0.5) is 0 Å². The van der Waals surface area contributed by atoms with Gasteiger partial charge in [0.05, 0.1) is 6.26 Å². The van der Waals surface area contributed by atoms with Gasteiger partial charge in [0.2, 0.25) is 0 Å². The Morgan fingerprint density at radius 2 is 2.13 bits per heavy atom. The molecule has 82 valence electrons. The van der Waals surface area contributed by atoms with E-state index in [1.807, 2.05) is 13.8 Å². The van der Waals surface area contributed by atoms with Crippen molar-refractivity contribution in [3.05, 3.63) is 23.2 Å². The Hall–Kier alpha value is -1.98. The van der Waals surface area contributed by atoms with Crippen molar-refractivity contribution in [2.75, 3.05) is 0 Å². The lowest BCUT2D eigenvalue weighted by molar-refractivity contribution is 0.529. The molecule has 15 heavy (non-hydrogen) atoms. The number of guanidine groups is 2. The number of nitrogens with two attached hydrogens (primary N) is 1. The lowest BCUT2D eigenvalue weighted by atomic mass is 10.2. The number of nitrogens with one attached hydrogen (secondary N) is 4. The minimum atomic E-state index is -0.257. The molecule has 0 aliphatic carbocycles. The third-order valence-corrected chi connectivity index (χ3v) is 2.10. The summed E-state index contributed by atoms with van der Waals surface area (Å²) in [5, 5.41) is 19.4. The summed E-state index contributed by atoms with van der Waals surface area (Å²) < 4.78 is 5.21. The van der Waals surface area contributed by atoms with Gasteiger partial charge in [-0.25, -0.2) is 0 Å². The minimum Gasteiger partial charge on any atom is -0.469 e. The van der Waals surface area contributed by atoms with Gasteiger partial charge in [-0.3, -0.25) is 16.1 Å². The predicted molar refractivity (Wildman–Crippen MR) is 57.8 cm³/mol. The Bertz CT molecular complexity index is 382. The molecule has 0 atom stereocenters. The Morgan fingerprint density at radius 1 is 1.47 bits per heavy atom. The van der Waals surface area contributed by atoms with Crippen LogP contribution < -0.4 is 16.4 Å². The molecule has 6 heteroatoms. The highest BCUT2D eigenvalue weighted by Gasteiger charge is 2.05. The number of hydrogen-bond acceptors (Lipinski definition) is 3. The molecule has 0 saturated carbocycles. The Morgan fingerprint density at radius 3 is 2.60 bits per heavy atom. The summed E-state index contributed by atoms with van der Waals surface area (Å²) in [6, 6.07) is 0. The van der Waals surface area contributed by atoms with Crippen LogP contribution in [-0.2, 0) is 6.54 Å². The second-order valence-corrected chi connectivity index (χ2v) is 3.21. The number of rotatable bonds is 2. The highest BCUT2D eigenvalue weighted by molar-refractivity contribution is 5.94. The Balaban J connectivity index is 2.47. The molecular weight excluding hydrogens is 194 g/mol. The fraction of sp³-hybridized carbons (Fsp3) is 0.333. The molecular formula is C9H15N5O. The van der Waals surface area contributed by atoms with Crippen molar-refractivity contribution in [2.45, 2.75) is 20.4 Å². The highest BCUT2D eigenvalue weighted by Crippen LogP contribution is 2.14. The molecule has 1 aromatic rings. The SMILES string of the molecule is Cc1occ(CNC(=N)NC(=N)N)c1C. The normalized spacial score (nSPS) is 9.73. The summed E-state index contributed by atoms with van der Waals surface area (Å²) in [7, 11) is 0. The first-order chi connectivity index (χ1) is 7.00. The number of furan rings is 1. The average molecular weight is 209 g/mol. The van der Waals surface area contributed by atoms with E-state index in [0.717, 1.165) is 16.9 Å². The number of hydrogen-bond donors (Lipinski definition) is 5. The van der Waals surface area contributed by atoms with Gasteiger partial charge in [0.25, 0.3) is 0 Å². The molecule has 0 amide bonds. The van der Waals surface area contributed by atoms with Crippen molar-refractivity contribution >= 4 is 11.9 Å². The Kier molecular flexibility index (Phi) is 3.33. The maximum atomic E-state index is 7.37. The van der Waals surface area contributed by atoms with E-state index in [2.05, 4.69) is 10.6 Å². The second-order valence-electron chi connectivity index (χ2n) is 3.21. The number of aryl methyl sites for hydroxylation is 1. The fourth-order valence-corrected chi connectivity index (χ4v) is 1.10. The van der Waals surface area contributed by atoms with E-state index in [0.29, 0.717) is 6.54 Å². The van der Waals surface area contributed by atoms with Crippen molar-refractivity contribution in [3.8, 4) is 0 Å². The zero-order chi connectivity index (χ0) is 11.4. The molecule has 0 bridgehead atoms. The van der Waals surface area contributed by atoms with Crippen LogP contribution >= 0.6 is 0 Å². The van der Waals surface area contributed by atoms with E-state index in [-0.39, 0.29) is 11.9 Å². The molecule has 0 aliphatic rings. The van der Waals surface area contributed by atoms with Crippen LogP contribution in [0.2, 0.25) is 0 Å². The quantitative estimate of drug-likeness (QED) is 0.358. The maximum Gasteiger partial charge on any atom is 0.195 e. The van der Waals surface area contributed by atoms with Crippen LogP contribution in [0.25, 0.3) is 0 Å². The lowest BCUT2D eigenvalue weighted by Gasteiger charge is -2.07. The summed E-state index contributed by atoms with van der Waals surface area (Å²) in [6.07, 6.45) is 1.65. The van der Waals surface area contributed by atoms with Crippen molar-refractivity contribution in [2.24, 2.45) is 5.73 Å². The molecule has 0 spiro atoms. The molecule has 0 saturated heterocycles. The van der Waals surface area contributed by atoms with Gasteiger partial charge in [-0.05, 0) is 19.4 Å². The largest absolute Gasteiger partial charge is 0.469 e. The molecule has 1 aromatic heterocycles. The predicted octanol–water partition coefficient (Wildman–Crippen LogP) is 0.404. The second kappa shape index (κ2) is 4.50. The Labute approximate surface area is 87.9 Å². The van der Waals surface area contributed by atoms with Crippen molar-refractivity contribution in [3.63, 3.8) is 0 Å². The van der Waals surface area contributed by atoms with Gasteiger partial charge >= 0.3 is 0 Å². The van der Waals surface area contributed by atoms with Gasteiger partial charge in [-0.15, -0.1) is 0 Å². The first-order valence-electron chi connectivity index (χ1n) is 4.47. The van der Waals surface area contributed by atoms with Gasteiger partial charge in [-0.2, -0.15) is 0 Å². The topological polar surface area (TPSA) is 111 Å². The smallest absolute Gasteiger partial charge is 0.195 e. The summed E-state index contributed by atoms with van der Waals surface area (Å²) in [5.41, 5.74) is 7.13. The van der Waals surface area contributed by atoms with Crippen LogP contribution in [0.1, 0.15) is 16.9 Å². The molecule has 6 nitrogen and oxygen atoms in total. The first-order valence-corrected chi connectivity index (χ1v) is 4.47. The molecule has 0 unspecified atom stereocenters. The first kappa shape index (κ1) is 11.1. The van der Waals surface area contributed by atoms with Crippen LogP contribution in [-0.4, -0.2) is 11.9 Å². The van der Waals surface area contributed by atoms with E-state index in [1.165, 1.54) is 0 Å². The molecule has 1 heterocycles. The molecule has 6 N–H and O–H groups in total. The lowest BCUT2D eigenvalue weighted by Crippen LogP contribution is -2.43. The third-order valence-electron chi connectivity index (χ3n) is 2.10. The van der Waals surface area contributed by atoms with Gasteiger partial charge in [-0.1, -0.05) is 0 Å². The van der Waals surface area contributed by atoms with Crippen molar-refractivity contribution in [1.82, 2.24) is 10.6 Å². The van der Waals surface area contributed by atoms with E-state index in [1.54, 1.807) is 6.26 Å². The van der Waals surface area contributed by atoms with Crippen LogP contribution in [0.15, 0.2) is 10.7 Å². The van der Waals surface area contributed by atoms with E-state index < -0.39 is 0 Å². The molecule has 1 rings (SSSR count). The van der Waals surface area contributed by atoms with Gasteiger partial charge in [0.15, 0.2) is 11.9 Å². The van der Waals surface area contributed by atoms with E-state index >= 15 is 0 Å². The minimum absolute atomic E-state index is 0.000697. The molecule has 0 aromatic carbocycles. The van der Waals surface area contributed by atoms with Gasteiger partial charge in [0.1, 0.15) is 5.76 Å². The van der Waals surface area contributed by atoms with Crippen LogP contribution in [0.5, 0.6) is 0 Å². The van der Waals surface area contributed by atoms with Crippen LogP contribution in [0, 0.1) is 24.7 Å². The zero-order valence-corrected chi connectivity index (χ0v) is 8.77. The van der Waals surface area contributed by atoms with E-state index in [9.17, 15) is 0 Å². The summed E-state index contributed by atoms with van der Waals surface area (Å²) in [4.78, 5) is 0. The molecule has 0 radical (unpaired) electrons. The van der Waals surface area contributed by atoms with Crippen LogP contribution in [0.3, 0.4) is 0 Å². The molecule has 0 aliphatic heterocycles. The van der Waals surface area contributed by atoms with Crippen molar-refractivity contribution in [1.29, 1.82) is 10.8 Å². The highest BCUT2D eigenvalue weighted by atomic mass is 16.3. The maximum absolute atomic E-state index is 7.37. The zero-order valence-electron chi connectivity index (χ0n) is 8.77. The third kappa shape index (κ3) is 3.01. The fourth-order valence-electron chi connectivity index (χ4n) is 1.10. The van der Waals surface area contributed by atoms with Crippen molar-refractivity contribution < 1.29 is 4.42 Å².